The molecule has 0 aliphatic heterocycles. The zero-order chi connectivity index (χ0) is 19.6. The zero-order valence-corrected chi connectivity index (χ0v) is 15.6. The van der Waals surface area contributed by atoms with E-state index in [4.69, 9.17) is 11.6 Å². The van der Waals surface area contributed by atoms with Crippen molar-refractivity contribution in [2.24, 2.45) is 11.8 Å². The number of alkyl halides is 1. The molecule has 1 saturated carbocycles. The van der Waals surface area contributed by atoms with Crippen LogP contribution in [0.5, 0.6) is 0 Å². The number of benzene rings is 2. The van der Waals surface area contributed by atoms with E-state index in [0.29, 0.717) is 10.6 Å². The molecule has 0 aromatic heterocycles. The monoisotopic (exact) mass is 389 g/mol. The van der Waals surface area contributed by atoms with Gasteiger partial charge in [0.05, 0.1) is 11.6 Å². The third-order valence-corrected chi connectivity index (χ3v) is 5.35. The second-order valence-electron chi connectivity index (χ2n) is 6.74. The Kier molecular flexibility index (Phi) is 5.95. The predicted molar refractivity (Wildman–Crippen MR) is 105 cm³/mol. The van der Waals surface area contributed by atoms with E-state index < -0.39 is 29.7 Å². The van der Waals surface area contributed by atoms with Crippen LogP contribution in [0.3, 0.4) is 0 Å². The molecular formula is C20H19BClF2NO2. The Balaban J connectivity index is 1.86. The lowest BCUT2D eigenvalue weighted by Crippen LogP contribution is -2.30. The number of carbonyl (C=O) groups excluding carboxylic acids is 2. The minimum absolute atomic E-state index is 0.0116. The van der Waals surface area contributed by atoms with Gasteiger partial charge in [0.1, 0.15) is 19.8 Å². The fourth-order valence-corrected chi connectivity index (χ4v) is 3.86. The van der Waals surface area contributed by atoms with Crippen molar-refractivity contribution in [3.63, 3.8) is 0 Å². The van der Waals surface area contributed by atoms with Gasteiger partial charge in [0, 0.05) is 22.1 Å². The van der Waals surface area contributed by atoms with Crippen LogP contribution < -0.4 is 5.32 Å². The van der Waals surface area contributed by atoms with Gasteiger partial charge in [-0.15, -0.1) is 0 Å². The van der Waals surface area contributed by atoms with Gasteiger partial charge < -0.3 is 10.1 Å². The molecule has 2 aromatic carbocycles. The maximum atomic E-state index is 15.0. The lowest BCUT2D eigenvalue weighted by molar-refractivity contribution is -0.128. The summed E-state index contributed by atoms with van der Waals surface area (Å²) in [6, 6.07) is 11.4. The number of nitrogens with one attached hydrogen (secondary N) is 1. The summed E-state index contributed by atoms with van der Waals surface area (Å²) in [6.07, 6.45) is -0.918. The van der Waals surface area contributed by atoms with Crippen molar-refractivity contribution >= 4 is 36.8 Å². The Labute approximate surface area is 162 Å². The van der Waals surface area contributed by atoms with Crippen LogP contribution in [0.1, 0.15) is 12.8 Å². The van der Waals surface area contributed by atoms with Gasteiger partial charge >= 0.3 is 0 Å². The summed E-state index contributed by atoms with van der Waals surface area (Å²) >= 11 is 6.15. The molecule has 1 amide bonds. The molecule has 0 heterocycles. The fraction of sp³-hybridized carbons (Fsp3) is 0.300. The molecule has 1 aliphatic rings. The summed E-state index contributed by atoms with van der Waals surface area (Å²) in [5, 5.41) is 2.93. The minimum atomic E-state index is -1.19. The lowest BCUT2D eigenvalue weighted by Gasteiger charge is -2.18. The highest BCUT2D eigenvalue weighted by molar-refractivity contribution is 6.33. The SMILES string of the molecule is BCC(=O)[C@@H]1C[C@H](F)CC1C(=O)Nc1cccc(-c2ccccc2Cl)c1F. The number of Topliss-reactive ketones (excluding diaryl/α,β-unsaturated/α-hetero) is 1. The summed E-state index contributed by atoms with van der Waals surface area (Å²) in [5.74, 6) is -2.72. The van der Waals surface area contributed by atoms with E-state index in [1.807, 2.05) is 0 Å². The maximum absolute atomic E-state index is 15.0. The van der Waals surface area contributed by atoms with E-state index in [2.05, 4.69) is 5.32 Å². The summed E-state index contributed by atoms with van der Waals surface area (Å²) in [6.45, 7) is 0. The normalized spacial score (nSPS) is 21.8. The molecular weight excluding hydrogens is 370 g/mol. The smallest absolute Gasteiger partial charge is 0.228 e. The highest BCUT2D eigenvalue weighted by Crippen LogP contribution is 2.37. The lowest BCUT2D eigenvalue weighted by atomic mass is 9.84. The highest BCUT2D eigenvalue weighted by Gasteiger charge is 2.42. The summed E-state index contributed by atoms with van der Waals surface area (Å²) < 4.78 is 28.8. The third-order valence-electron chi connectivity index (χ3n) is 5.02. The first-order chi connectivity index (χ1) is 12.9. The van der Waals surface area contributed by atoms with Gasteiger partial charge in [-0.25, -0.2) is 8.78 Å². The first-order valence-electron chi connectivity index (χ1n) is 8.93. The minimum Gasteiger partial charge on any atom is -0.323 e. The van der Waals surface area contributed by atoms with Gasteiger partial charge in [0.2, 0.25) is 5.91 Å². The molecule has 3 rings (SSSR count). The van der Waals surface area contributed by atoms with Crippen LogP contribution in [-0.4, -0.2) is 25.7 Å². The summed E-state index contributed by atoms with van der Waals surface area (Å²) in [4.78, 5) is 24.7. The van der Waals surface area contributed by atoms with Crippen molar-refractivity contribution < 1.29 is 18.4 Å². The van der Waals surface area contributed by atoms with Gasteiger partial charge in [-0.2, -0.15) is 0 Å². The molecule has 1 unspecified atom stereocenters. The zero-order valence-electron chi connectivity index (χ0n) is 14.8. The molecule has 1 N–H and O–H groups in total. The molecule has 2 aromatic rings. The number of anilines is 1. The van der Waals surface area contributed by atoms with Crippen molar-refractivity contribution in [1.82, 2.24) is 0 Å². The molecule has 1 fully saturated rings. The van der Waals surface area contributed by atoms with E-state index in [-0.39, 0.29) is 36.2 Å². The molecule has 1 aliphatic carbocycles. The van der Waals surface area contributed by atoms with E-state index in [1.54, 1.807) is 44.2 Å². The quantitative estimate of drug-likeness (QED) is 0.784. The van der Waals surface area contributed by atoms with Crippen molar-refractivity contribution in [1.29, 1.82) is 0 Å². The average Bonchev–Trinajstić information content (AvgIpc) is 3.05. The number of carbonyl (C=O) groups is 2. The molecule has 3 atom stereocenters. The molecule has 0 saturated heterocycles. The summed E-state index contributed by atoms with van der Waals surface area (Å²) in [7, 11) is 1.69. The standard InChI is InChI=1S/C20H19BClF2NO2/c21-10-18(26)14-8-11(23)9-15(14)20(27)25-17-7-3-5-13(19(17)24)12-4-1-2-6-16(12)22/h1-7,11,14-15H,8-10,21H2,(H,25,27)/t11-,14+,15?/m0/s1. The topological polar surface area (TPSA) is 46.2 Å². The van der Waals surface area contributed by atoms with Crippen LogP contribution in [0.4, 0.5) is 14.5 Å². The first-order valence-corrected chi connectivity index (χ1v) is 9.31. The fourth-order valence-electron chi connectivity index (χ4n) is 3.63. The van der Waals surface area contributed by atoms with Crippen LogP contribution in [0.15, 0.2) is 42.5 Å². The summed E-state index contributed by atoms with van der Waals surface area (Å²) in [5.41, 5.74) is 0.758. The van der Waals surface area contributed by atoms with Crippen molar-refractivity contribution in [3.8, 4) is 11.1 Å². The van der Waals surface area contributed by atoms with E-state index in [9.17, 15) is 18.4 Å². The van der Waals surface area contributed by atoms with Crippen molar-refractivity contribution in [3.05, 3.63) is 53.3 Å². The number of rotatable bonds is 5. The molecule has 0 spiro atoms. The van der Waals surface area contributed by atoms with Gasteiger partial charge in [0.15, 0.2) is 5.82 Å². The van der Waals surface area contributed by atoms with E-state index in [0.717, 1.165) is 0 Å². The van der Waals surface area contributed by atoms with Crippen LogP contribution in [0.2, 0.25) is 11.3 Å². The number of hydrogen-bond donors (Lipinski definition) is 1. The van der Waals surface area contributed by atoms with Crippen molar-refractivity contribution in [2.75, 3.05) is 5.32 Å². The van der Waals surface area contributed by atoms with Crippen molar-refractivity contribution in [2.45, 2.75) is 25.3 Å². The van der Waals surface area contributed by atoms with Crippen LogP contribution in [-0.2, 0) is 9.59 Å². The van der Waals surface area contributed by atoms with Crippen LogP contribution >= 0.6 is 11.6 Å². The van der Waals surface area contributed by atoms with Gasteiger partial charge in [-0.3, -0.25) is 4.79 Å². The van der Waals surface area contributed by atoms with Crippen LogP contribution in [0.25, 0.3) is 11.1 Å². The molecule has 3 nitrogen and oxygen atoms in total. The molecule has 0 bridgehead atoms. The average molecular weight is 390 g/mol. The highest BCUT2D eigenvalue weighted by atomic mass is 35.5. The number of amides is 1. The second-order valence-corrected chi connectivity index (χ2v) is 7.14. The molecule has 140 valence electrons. The first kappa shape index (κ1) is 19.6. The van der Waals surface area contributed by atoms with Crippen LogP contribution in [0, 0.1) is 17.7 Å². The largest absolute Gasteiger partial charge is 0.323 e. The molecule has 0 radical (unpaired) electrons. The predicted octanol–water partition coefficient (Wildman–Crippen LogP) is 4.07. The Morgan fingerprint density at radius 3 is 2.44 bits per heavy atom. The number of hydrogen-bond acceptors (Lipinski definition) is 2. The molecule has 7 heteroatoms. The van der Waals surface area contributed by atoms with E-state index in [1.165, 1.54) is 6.07 Å². The van der Waals surface area contributed by atoms with Gasteiger partial charge in [-0.05, 0) is 31.3 Å². The Morgan fingerprint density at radius 2 is 1.74 bits per heavy atom. The maximum Gasteiger partial charge on any atom is 0.228 e. The number of halogens is 3. The molecule has 27 heavy (non-hydrogen) atoms. The Bertz CT molecular complexity index is 877. The number of ketones is 1. The van der Waals surface area contributed by atoms with Gasteiger partial charge in [0.25, 0.3) is 0 Å². The van der Waals surface area contributed by atoms with Gasteiger partial charge in [-0.1, -0.05) is 41.9 Å². The Hall–Kier alpha value is -2.21. The van der Waals surface area contributed by atoms with E-state index >= 15 is 0 Å². The Morgan fingerprint density at radius 1 is 1.07 bits per heavy atom. The second kappa shape index (κ2) is 8.22. The third kappa shape index (κ3) is 4.06.